The van der Waals surface area contributed by atoms with Crippen LogP contribution in [0.3, 0.4) is 0 Å². The van der Waals surface area contributed by atoms with Crippen LogP contribution >= 0.6 is 0 Å². The minimum Gasteiger partial charge on any atom is -0.390 e. The molecule has 2 unspecified atom stereocenters. The molecule has 1 N–H and O–H groups in total. The van der Waals surface area contributed by atoms with Crippen LogP contribution in [0.4, 0.5) is 0 Å². The van der Waals surface area contributed by atoms with Crippen LogP contribution in [0.2, 0.25) is 0 Å². The molecule has 2 atom stereocenters. The first kappa shape index (κ1) is 10.0. The Kier molecular flexibility index (Phi) is 3.16. The van der Waals surface area contributed by atoms with Crippen LogP contribution in [-0.4, -0.2) is 10.7 Å². The van der Waals surface area contributed by atoms with Crippen molar-refractivity contribution < 1.29 is 5.11 Å². The van der Waals surface area contributed by atoms with E-state index in [2.05, 4.69) is 13.8 Å². The van der Waals surface area contributed by atoms with Crippen molar-refractivity contribution in [2.75, 3.05) is 0 Å². The van der Waals surface area contributed by atoms with Crippen molar-refractivity contribution in [3.63, 3.8) is 0 Å². The molecule has 0 aromatic carbocycles. The van der Waals surface area contributed by atoms with Gasteiger partial charge in [-0.1, -0.05) is 33.1 Å². The van der Waals surface area contributed by atoms with Crippen molar-refractivity contribution in [1.82, 2.24) is 0 Å². The van der Waals surface area contributed by atoms with E-state index in [1.54, 1.807) is 0 Å². The van der Waals surface area contributed by atoms with Gasteiger partial charge >= 0.3 is 0 Å². The minimum absolute atomic E-state index is 0.406. The summed E-state index contributed by atoms with van der Waals surface area (Å²) >= 11 is 0. The van der Waals surface area contributed by atoms with Gasteiger partial charge in [0, 0.05) is 0 Å². The Morgan fingerprint density at radius 2 is 2.08 bits per heavy atom. The normalized spacial score (nSPS) is 25.0. The Morgan fingerprint density at radius 3 is 2.50 bits per heavy atom. The summed E-state index contributed by atoms with van der Waals surface area (Å²) in [6.07, 6.45) is 6.04. The lowest BCUT2D eigenvalue weighted by molar-refractivity contribution is -0.0100. The molecule has 1 saturated carbocycles. The summed E-state index contributed by atoms with van der Waals surface area (Å²) in [5, 5.41) is 10.1. The lowest BCUT2D eigenvalue weighted by atomic mass is 9.83. The van der Waals surface area contributed by atoms with Gasteiger partial charge in [-0.2, -0.15) is 0 Å². The van der Waals surface area contributed by atoms with Crippen molar-refractivity contribution in [3.05, 3.63) is 0 Å². The van der Waals surface area contributed by atoms with Crippen LogP contribution in [0.25, 0.3) is 0 Å². The van der Waals surface area contributed by atoms with Gasteiger partial charge in [0.25, 0.3) is 0 Å². The van der Waals surface area contributed by atoms with E-state index < -0.39 is 5.60 Å². The van der Waals surface area contributed by atoms with Crippen LogP contribution in [0.15, 0.2) is 0 Å². The van der Waals surface area contributed by atoms with Crippen molar-refractivity contribution in [3.8, 4) is 0 Å². The Bertz CT molecular complexity index is 136. The molecule has 1 aliphatic carbocycles. The lowest BCUT2D eigenvalue weighted by Gasteiger charge is -2.30. The van der Waals surface area contributed by atoms with Crippen LogP contribution in [0.1, 0.15) is 52.9 Å². The quantitative estimate of drug-likeness (QED) is 0.672. The summed E-state index contributed by atoms with van der Waals surface area (Å²) in [7, 11) is 0. The van der Waals surface area contributed by atoms with Gasteiger partial charge in [-0.05, 0) is 31.6 Å². The number of hydrogen-bond acceptors (Lipinski definition) is 1. The fourth-order valence-electron chi connectivity index (χ4n) is 1.85. The van der Waals surface area contributed by atoms with Crippen LogP contribution in [0, 0.1) is 11.8 Å². The second-order valence-electron chi connectivity index (χ2n) is 4.69. The van der Waals surface area contributed by atoms with E-state index in [9.17, 15) is 5.11 Å². The molecule has 0 aromatic rings. The Balaban J connectivity index is 2.32. The largest absolute Gasteiger partial charge is 0.390 e. The van der Waals surface area contributed by atoms with Crippen molar-refractivity contribution in [2.24, 2.45) is 11.8 Å². The summed E-state index contributed by atoms with van der Waals surface area (Å²) in [4.78, 5) is 0. The van der Waals surface area contributed by atoms with Gasteiger partial charge in [0.1, 0.15) is 0 Å². The smallest absolute Gasteiger partial charge is 0.0647 e. The molecular weight excluding hydrogens is 148 g/mol. The van der Waals surface area contributed by atoms with Crippen LogP contribution in [-0.2, 0) is 0 Å². The predicted molar refractivity (Wildman–Crippen MR) is 52.0 cm³/mol. The first-order valence-corrected chi connectivity index (χ1v) is 5.28. The third-order valence-corrected chi connectivity index (χ3v) is 3.18. The molecule has 0 saturated heterocycles. The SMILES string of the molecule is CCCC(C)C(C)(O)CC1CC1. The summed E-state index contributed by atoms with van der Waals surface area (Å²) in [6.45, 7) is 6.36. The zero-order valence-corrected chi connectivity index (χ0v) is 8.64. The molecule has 0 spiro atoms. The molecule has 1 aliphatic rings. The maximum Gasteiger partial charge on any atom is 0.0647 e. The minimum atomic E-state index is -0.406. The van der Waals surface area contributed by atoms with Crippen LogP contribution in [0.5, 0.6) is 0 Å². The van der Waals surface area contributed by atoms with E-state index in [0.29, 0.717) is 5.92 Å². The van der Waals surface area contributed by atoms with E-state index in [1.807, 2.05) is 6.92 Å². The van der Waals surface area contributed by atoms with Crippen LogP contribution < -0.4 is 0 Å². The highest BCUT2D eigenvalue weighted by Crippen LogP contribution is 2.39. The van der Waals surface area contributed by atoms with Gasteiger partial charge in [0.2, 0.25) is 0 Å². The zero-order valence-electron chi connectivity index (χ0n) is 8.64. The van der Waals surface area contributed by atoms with Crippen molar-refractivity contribution in [1.29, 1.82) is 0 Å². The molecule has 1 heteroatoms. The molecule has 0 aliphatic heterocycles. The van der Waals surface area contributed by atoms with Gasteiger partial charge in [0.05, 0.1) is 5.60 Å². The van der Waals surface area contributed by atoms with Crippen molar-refractivity contribution >= 4 is 0 Å². The summed E-state index contributed by atoms with van der Waals surface area (Å²) < 4.78 is 0. The highest BCUT2D eigenvalue weighted by molar-refractivity contribution is 4.86. The monoisotopic (exact) mass is 170 g/mol. The third kappa shape index (κ3) is 2.78. The molecule has 12 heavy (non-hydrogen) atoms. The Hall–Kier alpha value is -0.0400. The van der Waals surface area contributed by atoms with Crippen molar-refractivity contribution in [2.45, 2.75) is 58.5 Å². The molecule has 0 amide bonds. The number of hydrogen-bond donors (Lipinski definition) is 1. The van der Waals surface area contributed by atoms with Gasteiger partial charge in [-0.15, -0.1) is 0 Å². The average molecular weight is 170 g/mol. The predicted octanol–water partition coefficient (Wildman–Crippen LogP) is 2.97. The van der Waals surface area contributed by atoms with Gasteiger partial charge in [-0.3, -0.25) is 0 Å². The molecule has 0 radical (unpaired) electrons. The average Bonchev–Trinajstić information content (AvgIpc) is 2.71. The first-order valence-electron chi connectivity index (χ1n) is 5.28. The van der Waals surface area contributed by atoms with E-state index >= 15 is 0 Å². The first-order chi connectivity index (χ1) is 5.56. The molecule has 0 aromatic heterocycles. The molecule has 0 heterocycles. The standard InChI is InChI=1S/C11H22O/c1-4-5-9(2)11(3,12)8-10-6-7-10/h9-10,12H,4-8H2,1-3H3. The fraction of sp³-hybridized carbons (Fsp3) is 1.00. The highest BCUT2D eigenvalue weighted by Gasteiger charge is 2.34. The Morgan fingerprint density at radius 1 is 1.50 bits per heavy atom. The third-order valence-electron chi connectivity index (χ3n) is 3.18. The highest BCUT2D eigenvalue weighted by atomic mass is 16.3. The topological polar surface area (TPSA) is 20.2 Å². The van der Waals surface area contributed by atoms with Gasteiger partial charge in [-0.25, -0.2) is 0 Å². The maximum atomic E-state index is 10.1. The summed E-state index contributed by atoms with van der Waals surface area (Å²) in [5.74, 6) is 1.29. The molecule has 1 rings (SSSR count). The summed E-state index contributed by atoms with van der Waals surface area (Å²) in [6, 6.07) is 0. The lowest BCUT2D eigenvalue weighted by Crippen LogP contribution is -2.33. The molecule has 1 nitrogen and oxygen atoms in total. The molecule has 72 valence electrons. The summed E-state index contributed by atoms with van der Waals surface area (Å²) in [5.41, 5.74) is -0.406. The van der Waals surface area contributed by atoms with E-state index in [1.165, 1.54) is 19.3 Å². The molecule has 1 fully saturated rings. The van der Waals surface area contributed by atoms with E-state index in [4.69, 9.17) is 0 Å². The molecule has 0 bridgehead atoms. The second kappa shape index (κ2) is 3.78. The molecular formula is C11H22O. The maximum absolute atomic E-state index is 10.1. The number of rotatable bonds is 5. The Labute approximate surface area is 76.2 Å². The van der Waals surface area contributed by atoms with E-state index in [0.717, 1.165) is 18.8 Å². The number of aliphatic hydroxyl groups is 1. The van der Waals surface area contributed by atoms with Gasteiger partial charge < -0.3 is 5.11 Å². The zero-order chi connectivity index (χ0) is 9.19. The second-order valence-corrected chi connectivity index (χ2v) is 4.69. The van der Waals surface area contributed by atoms with E-state index in [-0.39, 0.29) is 0 Å². The fourth-order valence-corrected chi connectivity index (χ4v) is 1.85. The van der Waals surface area contributed by atoms with Gasteiger partial charge in [0.15, 0.2) is 0 Å².